The van der Waals surface area contributed by atoms with Crippen LogP contribution in [0.15, 0.2) is 16.8 Å². The highest BCUT2D eigenvalue weighted by Gasteiger charge is 2.21. The number of hydrogen-bond donors (Lipinski definition) is 1. The highest BCUT2D eigenvalue weighted by molar-refractivity contribution is 6.01. The normalized spacial score (nSPS) is 24.1. The molecule has 1 aliphatic heterocycles. The molecule has 0 amide bonds. The van der Waals surface area contributed by atoms with Crippen LogP contribution in [0.3, 0.4) is 0 Å². The van der Waals surface area contributed by atoms with Crippen molar-refractivity contribution in [2.45, 2.75) is 39.7 Å². The fourth-order valence-corrected chi connectivity index (χ4v) is 1.93. The number of rotatable bonds is 3. The second-order valence-electron chi connectivity index (χ2n) is 4.23. The molecule has 0 radical (unpaired) electrons. The minimum absolute atomic E-state index is 0.626. The van der Waals surface area contributed by atoms with Gasteiger partial charge in [0.25, 0.3) is 0 Å². The third-order valence-corrected chi connectivity index (χ3v) is 2.81. The lowest BCUT2D eigenvalue weighted by Gasteiger charge is -2.32. The average Bonchev–Trinajstić information content (AvgIpc) is 2.21. The van der Waals surface area contributed by atoms with Crippen LogP contribution in [0.25, 0.3) is 0 Å². The largest absolute Gasteiger partial charge is 0.313 e. The van der Waals surface area contributed by atoms with E-state index in [1.54, 1.807) is 0 Å². The Morgan fingerprint density at radius 3 is 2.80 bits per heavy atom. The fraction of sp³-hybridized carbons (Fsp3) is 0.750. The van der Waals surface area contributed by atoms with Gasteiger partial charge >= 0.3 is 0 Å². The van der Waals surface area contributed by atoms with E-state index in [4.69, 9.17) is 0 Å². The molecule has 0 bridgehead atoms. The van der Waals surface area contributed by atoms with Gasteiger partial charge in [-0.3, -0.25) is 4.90 Å². The van der Waals surface area contributed by atoms with Gasteiger partial charge in [0.2, 0.25) is 0 Å². The lowest BCUT2D eigenvalue weighted by molar-refractivity contribution is 0.241. The molecule has 86 valence electrons. The molecule has 1 heterocycles. The van der Waals surface area contributed by atoms with Gasteiger partial charge in [0.05, 0.1) is 5.71 Å². The van der Waals surface area contributed by atoms with Crippen LogP contribution in [-0.2, 0) is 0 Å². The summed E-state index contributed by atoms with van der Waals surface area (Å²) in [4.78, 5) is 2.50. The SMILES string of the molecule is CC/C=C1/CN(C(C)C)CC/C1=N/NC. The maximum Gasteiger partial charge on any atom is 0.0657 e. The van der Waals surface area contributed by atoms with E-state index in [9.17, 15) is 0 Å². The average molecular weight is 209 g/mol. The summed E-state index contributed by atoms with van der Waals surface area (Å²) in [6.45, 7) is 8.86. The van der Waals surface area contributed by atoms with Gasteiger partial charge in [-0.2, -0.15) is 5.10 Å². The molecule has 0 spiro atoms. The molecule has 0 unspecified atom stereocenters. The summed E-state index contributed by atoms with van der Waals surface area (Å²) in [5.74, 6) is 0. The Hall–Kier alpha value is -0.830. The third kappa shape index (κ3) is 3.34. The van der Waals surface area contributed by atoms with Gasteiger partial charge in [0.15, 0.2) is 0 Å². The molecule has 0 atom stereocenters. The molecular formula is C12H23N3. The number of likely N-dealkylation sites (tertiary alicyclic amines) is 1. The molecule has 0 saturated carbocycles. The lowest BCUT2D eigenvalue weighted by atomic mass is 10.00. The molecule has 1 rings (SSSR count). The highest BCUT2D eigenvalue weighted by Crippen LogP contribution is 2.16. The standard InChI is InChI=1S/C12H23N3/c1-5-6-11-9-15(10(2)3)8-7-12(11)14-13-4/h6,10,13H,5,7-9H2,1-4H3/b11-6-,14-12-. The zero-order valence-electron chi connectivity index (χ0n) is 10.4. The smallest absolute Gasteiger partial charge is 0.0657 e. The summed E-state index contributed by atoms with van der Waals surface area (Å²) >= 11 is 0. The van der Waals surface area contributed by atoms with E-state index in [0.717, 1.165) is 25.9 Å². The summed E-state index contributed by atoms with van der Waals surface area (Å²) in [5, 5.41) is 4.35. The van der Waals surface area contributed by atoms with Crippen molar-refractivity contribution in [1.82, 2.24) is 10.3 Å². The first-order valence-corrected chi connectivity index (χ1v) is 5.85. The minimum atomic E-state index is 0.626. The molecular weight excluding hydrogens is 186 g/mol. The van der Waals surface area contributed by atoms with Crippen LogP contribution in [0.1, 0.15) is 33.6 Å². The minimum Gasteiger partial charge on any atom is -0.313 e. The number of allylic oxidation sites excluding steroid dienone is 1. The molecule has 1 fully saturated rings. The third-order valence-electron chi connectivity index (χ3n) is 2.81. The van der Waals surface area contributed by atoms with Crippen LogP contribution in [0.4, 0.5) is 0 Å². The maximum absolute atomic E-state index is 4.35. The van der Waals surface area contributed by atoms with Crippen LogP contribution in [-0.4, -0.2) is 36.8 Å². The molecule has 0 aromatic heterocycles. The molecule has 1 aliphatic rings. The van der Waals surface area contributed by atoms with Crippen molar-refractivity contribution < 1.29 is 0 Å². The number of nitrogens with one attached hydrogen (secondary N) is 1. The van der Waals surface area contributed by atoms with Crippen molar-refractivity contribution in [1.29, 1.82) is 0 Å². The van der Waals surface area contributed by atoms with Crippen LogP contribution in [0, 0.1) is 0 Å². The van der Waals surface area contributed by atoms with Gasteiger partial charge in [-0.25, -0.2) is 0 Å². The number of hydrogen-bond acceptors (Lipinski definition) is 3. The zero-order chi connectivity index (χ0) is 11.3. The Morgan fingerprint density at radius 1 is 1.53 bits per heavy atom. The predicted octanol–water partition coefficient (Wildman–Crippen LogP) is 2.01. The molecule has 1 saturated heterocycles. The molecule has 1 N–H and O–H groups in total. The molecule has 15 heavy (non-hydrogen) atoms. The van der Waals surface area contributed by atoms with Gasteiger partial charge in [-0.15, -0.1) is 0 Å². The van der Waals surface area contributed by atoms with E-state index < -0.39 is 0 Å². The predicted molar refractivity (Wildman–Crippen MR) is 66.2 cm³/mol. The topological polar surface area (TPSA) is 27.6 Å². The van der Waals surface area contributed by atoms with Gasteiger partial charge in [0.1, 0.15) is 0 Å². The van der Waals surface area contributed by atoms with Crippen LogP contribution in [0.2, 0.25) is 0 Å². The Bertz CT molecular complexity index is 254. The van der Waals surface area contributed by atoms with Gasteiger partial charge < -0.3 is 5.43 Å². The van der Waals surface area contributed by atoms with Gasteiger partial charge in [0, 0.05) is 32.6 Å². The van der Waals surface area contributed by atoms with Gasteiger partial charge in [-0.05, 0) is 25.8 Å². The van der Waals surface area contributed by atoms with Gasteiger partial charge in [-0.1, -0.05) is 13.0 Å². The molecule has 3 heteroatoms. The van der Waals surface area contributed by atoms with E-state index in [2.05, 4.69) is 42.3 Å². The van der Waals surface area contributed by atoms with E-state index >= 15 is 0 Å². The molecule has 0 aromatic carbocycles. The van der Waals surface area contributed by atoms with E-state index in [-0.39, 0.29) is 0 Å². The Morgan fingerprint density at radius 2 is 2.27 bits per heavy atom. The lowest BCUT2D eigenvalue weighted by Crippen LogP contribution is -2.40. The molecule has 0 aromatic rings. The van der Waals surface area contributed by atoms with Crippen molar-refractivity contribution in [3.63, 3.8) is 0 Å². The highest BCUT2D eigenvalue weighted by atomic mass is 15.3. The van der Waals surface area contributed by atoms with E-state index in [1.165, 1.54) is 11.3 Å². The quantitative estimate of drug-likeness (QED) is 0.720. The first-order valence-electron chi connectivity index (χ1n) is 5.85. The Balaban J connectivity index is 2.74. The van der Waals surface area contributed by atoms with E-state index in [0.29, 0.717) is 6.04 Å². The Kier molecular flexibility index (Phi) is 4.82. The Labute approximate surface area is 93.2 Å². The van der Waals surface area contributed by atoms with Crippen LogP contribution in [0.5, 0.6) is 0 Å². The summed E-state index contributed by atoms with van der Waals surface area (Å²) in [6.07, 6.45) is 4.44. The van der Waals surface area contributed by atoms with Crippen molar-refractivity contribution in [2.24, 2.45) is 5.10 Å². The molecule has 3 nitrogen and oxygen atoms in total. The maximum atomic E-state index is 4.35. The van der Waals surface area contributed by atoms with Crippen molar-refractivity contribution in [3.8, 4) is 0 Å². The second kappa shape index (κ2) is 5.91. The molecule has 0 aliphatic carbocycles. The summed E-state index contributed by atoms with van der Waals surface area (Å²) in [6, 6.07) is 0.626. The number of piperidine rings is 1. The number of hydrazone groups is 1. The van der Waals surface area contributed by atoms with Crippen LogP contribution < -0.4 is 5.43 Å². The first kappa shape index (κ1) is 12.2. The van der Waals surface area contributed by atoms with E-state index in [1.807, 2.05) is 7.05 Å². The summed E-state index contributed by atoms with van der Waals surface area (Å²) < 4.78 is 0. The van der Waals surface area contributed by atoms with Crippen molar-refractivity contribution in [2.75, 3.05) is 20.1 Å². The first-order chi connectivity index (χ1) is 7.19. The zero-order valence-corrected chi connectivity index (χ0v) is 10.4. The van der Waals surface area contributed by atoms with Crippen LogP contribution >= 0.6 is 0 Å². The summed E-state index contributed by atoms with van der Waals surface area (Å²) in [7, 11) is 1.87. The number of nitrogens with zero attached hydrogens (tertiary/aromatic N) is 2. The summed E-state index contributed by atoms with van der Waals surface area (Å²) in [5.41, 5.74) is 5.53. The van der Waals surface area contributed by atoms with Crippen molar-refractivity contribution in [3.05, 3.63) is 11.6 Å². The monoisotopic (exact) mass is 209 g/mol. The second-order valence-corrected chi connectivity index (χ2v) is 4.23. The van der Waals surface area contributed by atoms with Crippen molar-refractivity contribution >= 4 is 5.71 Å². The fourth-order valence-electron chi connectivity index (χ4n) is 1.93.